The topological polar surface area (TPSA) is 68.8 Å². The van der Waals surface area contributed by atoms with Crippen molar-refractivity contribution in [3.05, 3.63) is 18.2 Å². The average molecular weight is 294 g/mol. The summed E-state index contributed by atoms with van der Waals surface area (Å²) in [5.41, 5.74) is 0.680. The maximum atomic E-state index is 12.4. The number of carbonyl (C=O) groups excluding carboxylic acids is 1. The number of ether oxygens (including phenoxy) is 3. The van der Waals surface area contributed by atoms with Gasteiger partial charge in [0, 0.05) is 17.8 Å². The Kier molecular flexibility index (Phi) is 5.41. The number of hydrogen-bond acceptors (Lipinski definition) is 5. The van der Waals surface area contributed by atoms with E-state index in [1.54, 1.807) is 32.4 Å². The number of anilines is 1. The molecule has 1 saturated heterocycles. The first-order chi connectivity index (χ1) is 10.2. The molecule has 2 unspecified atom stereocenters. The summed E-state index contributed by atoms with van der Waals surface area (Å²) in [6.07, 6.45) is 0. The standard InChI is InChI=1S/C15H22N2O4/c1-4-16-12-9-21-8-11(12)15(18)17-10-5-6-13(19-2)14(7-10)20-3/h5-7,11-12,16H,4,8-9H2,1-3H3,(H,17,18). The number of carbonyl (C=O) groups is 1. The predicted molar refractivity (Wildman–Crippen MR) is 79.9 cm³/mol. The average Bonchev–Trinajstić information content (AvgIpc) is 2.96. The molecular formula is C15H22N2O4. The van der Waals surface area contributed by atoms with Gasteiger partial charge in [-0.25, -0.2) is 0 Å². The number of likely N-dealkylation sites (N-methyl/N-ethyl adjacent to an activating group) is 1. The lowest BCUT2D eigenvalue weighted by Gasteiger charge is -2.18. The van der Waals surface area contributed by atoms with Crippen LogP contribution in [0, 0.1) is 5.92 Å². The Bertz CT molecular complexity index is 493. The van der Waals surface area contributed by atoms with E-state index in [1.165, 1.54) is 0 Å². The largest absolute Gasteiger partial charge is 0.493 e. The van der Waals surface area contributed by atoms with Crippen LogP contribution in [-0.2, 0) is 9.53 Å². The van der Waals surface area contributed by atoms with Crippen molar-refractivity contribution in [1.29, 1.82) is 0 Å². The van der Waals surface area contributed by atoms with Gasteiger partial charge in [0.2, 0.25) is 5.91 Å². The molecule has 1 aliphatic rings. The second-order valence-electron chi connectivity index (χ2n) is 4.87. The highest BCUT2D eigenvalue weighted by atomic mass is 16.5. The highest BCUT2D eigenvalue weighted by Gasteiger charge is 2.33. The maximum absolute atomic E-state index is 12.4. The number of methoxy groups -OCH3 is 2. The van der Waals surface area contributed by atoms with E-state index in [4.69, 9.17) is 14.2 Å². The van der Waals surface area contributed by atoms with Crippen LogP contribution in [0.2, 0.25) is 0 Å². The van der Waals surface area contributed by atoms with Gasteiger partial charge in [-0.15, -0.1) is 0 Å². The summed E-state index contributed by atoms with van der Waals surface area (Å²) >= 11 is 0. The lowest BCUT2D eigenvalue weighted by atomic mass is 10.0. The third-order valence-corrected chi connectivity index (χ3v) is 3.53. The van der Waals surface area contributed by atoms with Crippen LogP contribution in [0.25, 0.3) is 0 Å². The van der Waals surface area contributed by atoms with Crippen LogP contribution in [0.1, 0.15) is 6.92 Å². The van der Waals surface area contributed by atoms with Crippen LogP contribution in [0.3, 0.4) is 0 Å². The molecule has 0 saturated carbocycles. The molecule has 0 spiro atoms. The summed E-state index contributed by atoms with van der Waals surface area (Å²) in [5.74, 6) is 0.982. The SMILES string of the molecule is CCNC1COCC1C(=O)Nc1ccc(OC)c(OC)c1. The molecule has 1 amide bonds. The summed E-state index contributed by atoms with van der Waals surface area (Å²) < 4.78 is 15.8. The minimum absolute atomic E-state index is 0.0503. The zero-order valence-electron chi connectivity index (χ0n) is 12.6. The molecule has 0 bridgehead atoms. The first kappa shape index (κ1) is 15.6. The Labute approximate surface area is 124 Å². The minimum Gasteiger partial charge on any atom is -0.493 e. The Morgan fingerprint density at radius 1 is 1.29 bits per heavy atom. The lowest BCUT2D eigenvalue weighted by molar-refractivity contribution is -0.120. The van der Waals surface area contributed by atoms with Gasteiger partial charge < -0.3 is 24.8 Å². The molecule has 21 heavy (non-hydrogen) atoms. The van der Waals surface area contributed by atoms with E-state index in [1.807, 2.05) is 6.92 Å². The van der Waals surface area contributed by atoms with Gasteiger partial charge in [0.1, 0.15) is 0 Å². The molecule has 2 atom stereocenters. The van der Waals surface area contributed by atoms with Crippen LogP contribution >= 0.6 is 0 Å². The summed E-state index contributed by atoms with van der Waals surface area (Å²) in [7, 11) is 3.14. The number of rotatable bonds is 6. The third-order valence-electron chi connectivity index (χ3n) is 3.53. The van der Waals surface area contributed by atoms with E-state index in [0.717, 1.165) is 6.54 Å². The van der Waals surface area contributed by atoms with Crippen LogP contribution < -0.4 is 20.1 Å². The van der Waals surface area contributed by atoms with Crippen molar-refractivity contribution in [3.63, 3.8) is 0 Å². The highest BCUT2D eigenvalue weighted by molar-refractivity contribution is 5.93. The van der Waals surface area contributed by atoms with Gasteiger partial charge in [0.05, 0.1) is 33.4 Å². The quantitative estimate of drug-likeness (QED) is 0.827. The van der Waals surface area contributed by atoms with Crippen molar-refractivity contribution in [2.75, 3.05) is 39.3 Å². The second kappa shape index (κ2) is 7.28. The smallest absolute Gasteiger partial charge is 0.231 e. The van der Waals surface area contributed by atoms with Gasteiger partial charge in [-0.2, -0.15) is 0 Å². The summed E-state index contributed by atoms with van der Waals surface area (Å²) in [4.78, 5) is 12.4. The van der Waals surface area contributed by atoms with E-state index in [9.17, 15) is 4.79 Å². The Morgan fingerprint density at radius 3 is 2.71 bits per heavy atom. The fraction of sp³-hybridized carbons (Fsp3) is 0.533. The van der Waals surface area contributed by atoms with Crippen molar-refractivity contribution in [2.24, 2.45) is 5.92 Å². The van der Waals surface area contributed by atoms with Gasteiger partial charge in [-0.05, 0) is 18.7 Å². The predicted octanol–water partition coefficient (Wildman–Crippen LogP) is 1.27. The normalized spacial score (nSPS) is 21.1. The van der Waals surface area contributed by atoms with E-state index in [0.29, 0.717) is 30.4 Å². The molecule has 1 aromatic rings. The molecule has 1 heterocycles. The summed E-state index contributed by atoms with van der Waals surface area (Å²) in [5, 5.41) is 6.18. The zero-order valence-corrected chi connectivity index (χ0v) is 12.6. The second-order valence-corrected chi connectivity index (χ2v) is 4.87. The number of amides is 1. The van der Waals surface area contributed by atoms with Crippen LogP contribution in [0.4, 0.5) is 5.69 Å². The molecule has 2 rings (SSSR count). The monoisotopic (exact) mass is 294 g/mol. The number of hydrogen-bond donors (Lipinski definition) is 2. The Morgan fingerprint density at radius 2 is 2.05 bits per heavy atom. The van der Waals surface area contributed by atoms with Gasteiger partial charge in [-0.1, -0.05) is 6.92 Å². The van der Waals surface area contributed by atoms with Crippen molar-refractivity contribution in [2.45, 2.75) is 13.0 Å². The molecule has 0 radical (unpaired) electrons. The minimum atomic E-state index is -0.182. The molecule has 2 N–H and O–H groups in total. The zero-order chi connectivity index (χ0) is 15.2. The summed E-state index contributed by atoms with van der Waals surface area (Å²) in [6, 6.07) is 5.36. The molecule has 6 heteroatoms. The molecule has 6 nitrogen and oxygen atoms in total. The fourth-order valence-corrected chi connectivity index (χ4v) is 2.43. The fourth-order valence-electron chi connectivity index (χ4n) is 2.43. The molecule has 1 fully saturated rings. The Balaban J connectivity index is 2.05. The maximum Gasteiger partial charge on any atom is 0.231 e. The molecular weight excluding hydrogens is 272 g/mol. The van der Waals surface area contributed by atoms with Crippen LogP contribution in [-0.4, -0.2) is 45.9 Å². The highest BCUT2D eigenvalue weighted by Crippen LogP contribution is 2.30. The van der Waals surface area contributed by atoms with Gasteiger partial charge in [0.25, 0.3) is 0 Å². The lowest BCUT2D eigenvalue weighted by Crippen LogP contribution is -2.41. The first-order valence-electron chi connectivity index (χ1n) is 7.03. The third kappa shape index (κ3) is 3.65. The molecule has 1 aliphatic heterocycles. The van der Waals surface area contributed by atoms with E-state index in [2.05, 4.69) is 10.6 Å². The van der Waals surface area contributed by atoms with E-state index >= 15 is 0 Å². The van der Waals surface area contributed by atoms with E-state index < -0.39 is 0 Å². The number of benzene rings is 1. The van der Waals surface area contributed by atoms with Crippen molar-refractivity contribution in [1.82, 2.24) is 5.32 Å². The number of nitrogens with one attached hydrogen (secondary N) is 2. The van der Waals surface area contributed by atoms with Gasteiger partial charge in [-0.3, -0.25) is 4.79 Å². The van der Waals surface area contributed by atoms with E-state index in [-0.39, 0.29) is 17.9 Å². The molecule has 0 aromatic heterocycles. The molecule has 1 aromatic carbocycles. The summed E-state index contributed by atoms with van der Waals surface area (Å²) in [6.45, 7) is 3.84. The van der Waals surface area contributed by atoms with Crippen molar-refractivity contribution >= 4 is 11.6 Å². The Hall–Kier alpha value is -1.79. The van der Waals surface area contributed by atoms with Crippen LogP contribution in [0.15, 0.2) is 18.2 Å². The molecule has 116 valence electrons. The van der Waals surface area contributed by atoms with Crippen molar-refractivity contribution in [3.8, 4) is 11.5 Å². The van der Waals surface area contributed by atoms with Crippen molar-refractivity contribution < 1.29 is 19.0 Å². The first-order valence-corrected chi connectivity index (χ1v) is 7.03. The molecule has 0 aliphatic carbocycles. The van der Waals surface area contributed by atoms with Crippen LogP contribution in [0.5, 0.6) is 11.5 Å². The van der Waals surface area contributed by atoms with Gasteiger partial charge in [0.15, 0.2) is 11.5 Å². The van der Waals surface area contributed by atoms with Gasteiger partial charge >= 0.3 is 0 Å².